The predicted molar refractivity (Wildman–Crippen MR) is 75.6 cm³/mol. The minimum absolute atomic E-state index is 0.102. The molecule has 1 aliphatic rings. The zero-order valence-electron chi connectivity index (χ0n) is 11.6. The van der Waals surface area contributed by atoms with Gasteiger partial charge in [0.2, 0.25) is 0 Å². The molecule has 0 spiro atoms. The molecule has 1 heterocycles. The molecule has 0 saturated carbocycles. The van der Waals surface area contributed by atoms with Crippen molar-refractivity contribution in [2.45, 2.75) is 18.9 Å². The number of nitrogens with one attached hydrogen (secondary N) is 2. The molecule has 2 rings (SSSR count). The first-order chi connectivity index (χ1) is 10.2. The number of nitrogens with two attached hydrogens (primary N) is 1. The quantitative estimate of drug-likeness (QED) is 0.388. The van der Waals surface area contributed by atoms with Crippen LogP contribution >= 0.6 is 0 Å². The van der Waals surface area contributed by atoms with Crippen LogP contribution in [0, 0.1) is 0 Å². The molecule has 1 saturated heterocycles. The lowest BCUT2D eigenvalue weighted by Gasteiger charge is -2.11. The zero-order chi connectivity index (χ0) is 15.1. The number of hydrazine groups is 1. The zero-order valence-corrected chi connectivity index (χ0v) is 11.6. The number of ether oxygens (including phenoxy) is 2. The number of hydrogen-bond donors (Lipinski definition) is 3. The number of nitrogen functional groups attached to an aromatic ring is 1. The second-order valence-corrected chi connectivity index (χ2v) is 4.73. The SMILES string of the molecule is NNC(=O)c1cccc(OCC(=O)NCC2CCCO2)c1. The first kappa shape index (κ1) is 15.3. The minimum Gasteiger partial charge on any atom is -0.484 e. The van der Waals surface area contributed by atoms with Crippen LogP contribution in [0.5, 0.6) is 5.75 Å². The van der Waals surface area contributed by atoms with Crippen molar-refractivity contribution in [3.8, 4) is 5.75 Å². The van der Waals surface area contributed by atoms with Crippen LogP contribution in [0.15, 0.2) is 24.3 Å². The van der Waals surface area contributed by atoms with Crippen molar-refractivity contribution in [2.24, 2.45) is 5.84 Å². The van der Waals surface area contributed by atoms with Crippen molar-refractivity contribution in [3.63, 3.8) is 0 Å². The summed E-state index contributed by atoms with van der Waals surface area (Å²) in [7, 11) is 0. The standard InChI is InChI=1S/C14H19N3O4/c15-17-14(19)10-3-1-4-11(7-10)21-9-13(18)16-8-12-5-2-6-20-12/h1,3-4,7,12H,2,5-6,8-9,15H2,(H,16,18)(H,17,19). The molecule has 0 bridgehead atoms. The van der Waals surface area contributed by atoms with E-state index in [2.05, 4.69) is 5.32 Å². The summed E-state index contributed by atoms with van der Waals surface area (Å²) in [5, 5.41) is 2.76. The number of rotatable bonds is 6. The van der Waals surface area contributed by atoms with Gasteiger partial charge in [0, 0.05) is 18.7 Å². The van der Waals surface area contributed by atoms with E-state index in [0.717, 1.165) is 19.4 Å². The lowest BCUT2D eigenvalue weighted by molar-refractivity contribution is -0.123. The predicted octanol–water partition coefficient (Wildman–Crippen LogP) is -0.0359. The average Bonchev–Trinajstić information content (AvgIpc) is 3.04. The molecule has 2 amide bonds. The van der Waals surface area contributed by atoms with Gasteiger partial charge in [0.15, 0.2) is 6.61 Å². The fourth-order valence-electron chi connectivity index (χ4n) is 2.04. The van der Waals surface area contributed by atoms with Gasteiger partial charge >= 0.3 is 0 Å². The van der Waals surface area contributed by atoms with E-state index in [0.29, 0.717) is 17.9 Å². The number of carbonyl (C=O) groups excluding carboxylic acids is 2. The maximum absolute atomic E-state index is 11.7. The molecule has 0 aliphatic carbocycles. The van der Waals surface area contributed by atoms with Crippen molar-refractivity contribution in [3.05, 3.63) is 29.8 Å². The van der Waals surface area contributed by atoms with Gasteiger partial charge < -0.3 is 14.8 Å². The third kappa shape index (κ3) is 4.73. The van der Waals surface area contributed by atoms with Crippen molar-refractivity contribution in [2.75, 3.05) is 19.8 Å². The normalized spacial score (nSPS) is 17.3. The van der Waals surface area contributed by atoms with Crippen LogP contribution < -0.4 is 21.3 Å². The Morgan fingerprint density at radius 3 is 3.00 bits per heavy atom. The van der Waals surface area contributed by atoms with Gasteiger partial charge in [0.05, 0.1) is 6.10 Å². The largest absolute Gasteiger partial charge is 0.484 e. The number of hydrogen-bond acceptors (Lipinski definition) is 5. The number of amides is 2. The lowest BCUT2D eigenvalue weighted by Crippen LogP contribution is -2.35. The van der Waals surface area contributed by atoms with Crippen LogP contribution in [0.1, 0.15) is 23.2 Å². The van der Waals surface area contributed by atoms with Gasteiger partial charge in [-0.25, -0.2) is 5.84 Å². The number of benzene rings is 1. The van der Waals surface area contributed by atoms with Gasteiger partial charge in [-0.05, 0) is 31.0 Å². The van der Waals surface area contributed by atoms with Crippen molar-refractivity contribution >= 4 is 11.8 Å². The van der Waals surface area contributed by atoms with Crippen LogP contribution in [0.2, 0.25) is 0 Å². The molecule has 1 aromatic carbocycles. The molecule has 1 aromatic rings. The van der Waals surface area contributed by atoms with Gasteiger partial charge in [0.1, 0.15) is 5.75 Å². The molecule has 4 N–H and O–H groups in total. The van der Waals surface area contributed by atoms with Gasteiger partial charge in [-0.2, -0.15) is 0 Å². The van der Waals surface area contributed by atoms with E-state index in [1.165, 1.54) is 6.07 Å². The Hall–Kier alpha value is -2.12. The van der Waals surface area contributed by atoms with Gasteiger partial charge in [-0.1, -0.05) is 6.07 Å². The highest BCUT2D eigenvalue weighted by molar-refractivity contribution is 5.94. The summed E-state index contributed by atoms with van der Waals surface area (Å²) in [5.41, 5.74) is 2.41. The monoisotopic (exact) mass is 293 g/mol. The van der Waals surface area contributed by atoms with E-state index in [4.69, 9.17) is 15.3 Å². The smallest absolute Gasteiger partial charge is 0.265 e. The van der Waals surface area contributed by atoms with Crippen LogP contribution in [-0.2, 0) is 9.53 Å². The summed E-state index contributed by atoms with van der Waals surface area (Å²) in [4.78, 5) is 23.0. The third-order valence-corrected chi connectivity index (χ3v) is 3.15. The maximum Gasteiger partial charge on any atom is 0.265 e. The van der Waals surface area contributed by atoms with Crippen LogP contribution in [0.4, 0.5) is 0 Å². The van der Waals surface area contributed by atoms with E-state index in [1.54, 1.807) is 18.2 Å². The average molecular weight is 293 g/mol. The summed E-state index contributed by atoms with van der Waals surface area (Å²) in [6, 6.07) is 6.45. The fraction of sp³-hybridized carbons (Fsp3) is 0.429. The van der Waals surface area contributed by atoms with Crippen molar-refractivity contribution < 1.29 is 19.1 Å². The van der Waals surface area contributed by atoms with E-state index in [1.807, 2.05) is 5.43 Å². The Bertz CT molecular complexity index is 501. The molecule has 114 valence electrons. The summed E-state index contributed by atoms with van der Waals surface area (Å²) < 4.78 is 10.8. The Labute approximate surface area is 122 Å². The molecular formula is C14H19N3O4. The summed E-state index contributed by atoms with van der Waals surface area (Å²) in [5.74, 6) is 4.86. The minimum atomic E-state index is -0.414. The molecule has 0 radical (unpaired) electrons. The van der Waals surface area contributed by atoms with E-state index in [9.17, 15) is 9.59 Å². The highest BCUT2D eigenvalue weighted by atomic mass is 16.5. The molecule has 7 nitrogen and oxygen atoms in total. The molecule has 0 aromatic heterocycles. The first-order valence-electron chi connectivity index (χ1n) is 6.81. The summed E-state index contributed by atoms with van der Waals surface area (Å²) >= 11 is 0. The highest BCUT2D eigenvalue weighted by Gasteiger charge is 2.16. The molecule has 1 fully saturated rings. The van der Waals surface area contributed by atoms with Crippen LogP contribution in [-0.4, -0.2) is 37.7 Å². The van der Waals surface area contributed by atoms with Gasteiger partial charge in [-0.15, -0.1) is 0 Å². The highest BCUT2D eigenvalue weighted by Crippen LogP contribution is 2.13. The Morgan fingerprint density at radius 1 is 1.43 bits per heavy atom. The van der Waals surface area contributed by atoms with E-state index >= 15 is 0 Å². The Morgan fingerprint density at radius 2 is 2.29 bits per heavy atom. The van der Waals surface area contributed by atoms with Crippen molar-refractivity contribution in [1.29, 1.82) is 0 Å². The molecule has 7 heteroatoms. The van der Waals surface area contributed by atoms with Crippen LogP contribution in [0.25, 0.3) is 0 Å². The van der Waals surface area contributed by atoms with Gasteiger partial charge in [0.25, 0.3) is 11.8 Å². The second kappa shape index (κ2) is 7.61. The van der Waals surface area contributed by atoms with Crippen LogP contribution in [0.3, 0.4) is 0 Å². The van der Waals surface area contributed by atoms with E-state index in [-0.39, 0.29) is 18.6 Å². The van der Waals surface area contributed by atoms with Crippen molar-refractivity contribution in [1.82, 2.24) is 10.7 Å². The number of carbonyl (C=O) groups is 2. The second-order valence-electron chi connectivity index (χ2n) is 4.73. The fourth-order valence-corrected chi connectivity index (χ4v) is 2.04. The Balaban J connectivity index is 1.76. The molecule has 1 unspecified atom stereocenters. The van der Waals surface area contributed by atoms with E-state index < -0.39 is 5.91 Å². The molecule has 1 aliphatic heterocycles. The topological polar surface area (TPSA) is 103 Å². The third-order valence-electron chi connectivity index (χ3n) is 3.15. The molecule has 1 atom stereocenters. The Kier molecular flexibility index (Phi) is 5.53. The summed E-state index contributed by atoms with van der Waals surface area (Å²) in [6.07, 6.45) is 2.11. The van der Waals surface area contributed by atoms with Gasteiger partial charge in [-0.3, -0.25) is 15.0 Å². The lowest BCUT2D eigenvalue weighted by atomic mass is 10.2. The maximum atomic E-state index is 11.7. The summed E-state index contributed by atoms with van der Waals surface area (Å²) in [6.45, 7) is 1.14. The molecular weight excluding hydrogens is 274 g/mol. The first-order valence-corrected chi connectivity index (χ1v) is 6.81. The molecule has 21 heavy (non-hydrogen) atoms.